The highest BCUT2D eigenvalue weighted by atomic mass is 35.5. The summed E-state index contributed by atoms with van der Waals surface area (Å²) in [7, 11) is 0. The molecule has 0 aliphatic carbocycles. The topological polar surface area (TPSA) is 12.0 Å². The molecule has 0 aromatic heterocycles. The average molecular weight is 284 g/mol. The predicted octanol–water partition coefficient (Wildman–Crippen LogP) is 5.05. The number of anilines is 1. The van der Waals surface area contributed by atoms with E-state index >= 15 is 0 Å². The molecule has 2 aromatic carbocycles. The predicted molar refractivity (Wildman–Crippen MR) is 74.9 cm³/mol. The summed E-state index contributed by atoms with van der Waals surface area (Å²) in [5.74, 6) is -0.393. The van der Waals surface area contributed by atoms with Crippen LogP contribution in [0, 0.1) is 12.7 Å². The van der Waals surface area contributed by atoms with E-state index in [1.54, 1.807) is 12.1 Å². The lowest BCUT2D eigenvalue weighted by molar-refractivity contribution is 0.613. The number of nitrogens with one attached hydrogen (secondary N) is 1. The minimum Gasteiger partial charge on any atom is -0.380 e. The zero-order chi connectivity index (χ0) is 13.1. The third kappa shape index (κ3) is 2.95. The molecule has 94 valence electrons. The Morgan fingerprint density at radius 3 is 2.67 bits per heavy atom. The number of benzene rings is 2. The van der Waals surface area contributed by atoms with Crippen molar-refractivity contribution in [3.63, 3.8) is 0 Å². The van der Waals surface area contributed by atoms with E-state index in [0.717, 1.165) is 11.3 Å². The van der Waals surface area contributed by atoms with Crippen molar-refractivity contribution < 1.29 is 4.39 Å². The maximum absolute atomic E-state index is 13.7. The van der Waals surface area contributed by atoms with E-state index in [0.29, 0.717) is 17.1 Å². The zero-order valence-corrected chi connectivity index (χ0v) is 11.3. The van der Waals surface area contributed by atoms with Crippen molar-refractivity contribution in [2.24, 2.45) is 0 Å². The van der Waals surface area contributed by atoms with E-state index in [2.05, 4.69) is 5.32 Å². The first-order chi connectivity index (χ1) is 8.58. The molecule has 0 spiro atoms. The first kappa shape index (κ1) is 13.2. The molecule has 0 saturated heterocycles. The summed E-state index contributed by atoms with van der Waals surface area (Å²) >= 11 is 11.8. The monoisotopic (exact) mass is 283 g/mol. The van der Waals surface area contributed by atoms with Crippen molar-refractivity contribution in [3.8, 4) is 0 Å². The molecule has 0 radical (unpaired) electrons. The van der Waals surface area contributed by atoms with Crippen molar-refractivity contribution in [2.45, 2.75) is 13.5 Å². The average Bonchev–Trinajstić information content (AvgIpc) is 2.35. The number of hydrogen-bond donors (Lipinski definition) is 1. The van der Waals surface area contributed by atoms with Gasteiger partial charge in [-0.05, 0) is 30.7 Å². The molecule has 2 aromatic rings. The normalized spacial score (nSPS) is 10.4. The molecule has 18 heavy (non-hydrogen) atoms. The van der Waals surface area contributed by atoms with Gasteiger partial charge in [0.1, 0.15) is 5.82 Å². The molecule has 0 fully saturated rings. The van der Waals surface area contributed by atoms with Crippen LogP contribution in [0.25, 0.3) is 0 Å². The highest BCUT2D eigenvalue weighted by Gasteiger charge is 2.06. The van der Waals surface area contributed by atoms with Gasteiger partial charge in [0.2, 0.25) is 0 Å². The van der Waals surface area contributed by atoms with E-state index in [1.807, 2.05) is 25.1 Å². The Hall–Kier alpha value is -1.25. The Kier molecular flexibility index (Phi) is 4.10. The van der Waals surface area contributed by atoms with Crippen molar-refractivity contribution in [1.82, 2.24) is 0 Å². The van der Waals surface area contributed by atoms with Gasteiger partial charge in [0.05, 0.1) is 15.7 Å². The molecule has 0 saturated carbocycles. The van der Waals surface area contributed by atoms with Crippen molar-refractivity contribution in [3.05, 3.63) is 63.4 Å². The molecule has 4 heteroatoms. The lowest BCUT2D eigenvalue weighted by Crippen LogP contribution is -2.02. The minimum atomic E-state index is -0.393. The maximum atomic E-state index is 13.7. The highest BCUT2D eigenvalue weighted by Crippen LogP contribution is 2.24. The van der Waals surface area contributed by atoms with Crippen LogP contribution in [0.3, 0.4) is 0 Å². The van der Waals surface area contributed by atoms with E-state index in [-0.39, 0.29) is 5.02 Å². The van der Waals surface area contributed by atoms with Crippen LogP contribution in [0.1, 0.15) is 11.1 Å². The van der Waals surface area contributed by atoms with E-state index in [4.69, 9.17) is 23.2 Å². The first-order valence-corrected chi connectivity index (χ1v) is 6.26. The quantitative estimate of drug-likeness (QED) is 0.831. The molecule has 0 amide bonds. The summed E-state index contributed by atoms with van der Waals surface area (Å²) in [4.78, 5) is 0. The van der Waals surface area contributed by atoms with Gasteiger partial charge in [-0.3, -0.25) is 0 Å². The van der Waals surface area contributed by atoms with Crippen molar-refractivity contribution in [2.75, 3.05) is 5.32 Å². The van der Waals surface area contributed by atoms with Crippen LogP contribution in [-0.4, -0.2) is 0 Å². The van der Waals surface area contributed by atoms with Crippen LogP contribution in [-0.2, 0) is 6.54 Å². The molecular formula is C14H12Cl2FN. The summed E-state index contributed by atoms with van der Waals surface area (Å²) in [5, 5.41) is 3.85. The van der Waals surface area contributed by atoms with Gasteiger partial charge < -0.3 is 5.32 Å². The second-order valence-electron chi connectivity index (χ2n) is 4.05. The summed E-state index contributed by atoms with van der Waals surface area (Å²) in [5.41, 5.74) is 2.39. The second kappa shape index (κ2) is 5.59. The summed E-state index contributed by atoms with van der Waals surface area (Å²) in [6.07, 6.45) is 0. The van der Waals surface area contributed by atoms with Crippen LogP contribution in [0.15, 0.2) is 36.4 Å². The van der Waals surface area contributed by atoms with Gasteiger partial charge in [-0.15, -0.1) is 0 Å². The number of hydrogen-bond acceptors (Lipinski definition) is 1. The first-order valence-electron chi connectivity index (χ1n) is 5.51. The van der Waals surface area contributed by atoms with Crippen LogP contribution < -0.4 is 5.32 Å². The fraction of sp³-hybridized carbons (Fsp3) is 0.143. The molecule has 0 atom stereocenters. The summed E-state index contributed by atoms with van der Waals surface area (Å²) in [6.45, 7) is 2.32. The fourth-order valence-electron chi connectivity index (χ4n) is 1.65. The van der Waals surface area contributed by atoms with Gasteiger partial charge in [-0.25, -0.2) is 4.39 Å². The highest BCUT2D eigenvalue weighted by molar-refractivity contribution is 6.33. The van der Waals surface area contributed by atoms with Crippen LogP contribution in [0.2, 0.25) is 10.0 Å². The number of rotatable bonds is 3. The van der Waals surface area contributed by atoms with Gasteiger partial charge in [0.25, 0.3) is 0 Å². The molecule has 0 aliphatic rings. The van der Waals surface area contributed by atoms with Crippen LogP contribution in [0.4, 0.5) is 10.1 Å². The summed E-state index contributed by atoms with van der Waals surface area (Å²) in [6, 6.07) is 10.6. The Balaban J connectivity index is 2.16. The molecular weight excluding hydrogens is 272 g/mol. The Labute approximate surface area is 116 Å². The Morgan fingerprint density at radius 1 is 1.11 bits per heavy atom. The third-order valence-corrected chi connectivity index (χ3v) is 3.24. The van der Waals surface area contributed by atoms with E-state index in [1.165, 1.54) is 6.07 Å². The molecule has 0 unspecified atom stereocenters. The zero-order valence-electron chi connectivity index (χ0n) is 9.81. The van der Waals surface area contributed by atoms with Crippen molar-refractivity contribution >= 4 is 28.9 Å². The second-order valence-corrected chi connectivity index (χ2v) is 4.86. The smallest absolute Gasteiger partial charge is 0.146 e. The maximum Gasteiger partial charge on any atom is 0.146 e. The Bertz CT molecular complexity index is 568. The number of halogens is 3. The third-order valence-electron chi connectivity index (χ3n) is 2.62. The fourth-order valence-corrected chi connectivity index (χ4v) is 2.03. The van der Waals surface area contributed by atoms with Gasteiger partial charge in [0, 0.05) is 12.1 Å². The standard InChI is InChI=1S/C14H12Cl2FN/c1-9-5-6-11(15)13(7-9)18-8-10-3-2-4-12(16)14(10)17/h2-7,18H,8H2,1H3. The molecule has 0 bridgehead atoms. The van der Waals surface area contributed by atoms with Gasteiger partial charge in [-0.1, -0.05) is 41.4 Å². The minimum absolute atomic E-state index is 0.129. The van der Waals surface area contributed by atoms with Crippen LogP contribution in [0.5, 0.6) is 0 Å². The van der Waals surface area contributed by atoms with E-state index in [9.17, 15) is 4.39 Å². The van der Waals surface area contributed by atoms with Gasteiger partial charge in [0.15, 0.2) is 0 Å². The SMILES string of the molecule is Cc1ccc(Cl)c(NCc2cccc(Cl)c2F)c1. The molecule has 1 nitrogen and oxygen atoms in total. The molecule has 0 heterocycles. The van der Waals surface area contributed by atoms with Gasteiger partial charge >= 0.3 is 0 Å². The molecule has 0 aliphatic heterocycles. The lowest BCUT2D eigenvalue weighted by atomic mass is 10.2. The van der Waals surface area contributed by atoms with Crippen molar-refractivity contribution in [1.29, 1.82) is 0 Å². The summed E-state index contributed by atoms with van der Waals surface area (Å²) < 4.78 is 13.7. The largest absolute Gasteiger partial charge is 0.380 e. The number of aryl methyl sites for hydroxylation is 1. The van der Waals surface area contributed by atoms with E-state index < -0.39 is 5.82 Å². The molecule has 2 rings (SSSR count). The van der Waals surface area contributed by atoms with Crippen LogP contribution >= 0.6 is 23.2 Å². The Morgan fingerprint density at radius 2 is 1.89 bits per heavy atom. The molecule has 1 N–H and O–H groups in total. The lowest BCUT2D eigenvalue weighted by Gasteiger charge is -2.10. The van der Waals surface area contributed by atoms with Gasteiger partial charge in [-0.2, -0.15) is 0 Å².